The van der Waals surface area contributed by atoms with Crippen molar-refractivity contribution >= 4 is 17.0 Å². The van der Waals surface area contributed by atoms with Crippen LogP contribution in [0.5, 0.6) is 5.88 Å². The second-order valence-corrected chi connectivity index (χ2v) is 7.22. The van der Waals surface area contributed by atoms with Crippen molar-refractivity contribution in [3.63, 3.8) is 0 Å². The van der Waals surface area contributed by atoms with E-state index in [9.17, 15) is 8.78 Å². The van der Waals surface area contributed by atoms with Crippen molar-refractivity contribution in [1.29, 1.82) is 5.26 Å². The zero-order valence-electron chi connectivity index (χ0n) is 16.2. The van der Waals surface area contributed by atoms with E-state index in [4.69, 9.17) is 10.00 Å². The molecule has 1 saturated heterocycles. The summed E-state index contributed by atoms with van der Waals surface area (Å²) in [4.78, 5) is 10.9. The lowest BCUT2D eigenvalue weighted by molar-refractivity contribution is 0.297. The van der Waals surface area contributed by atoms with Crippen molar-refractivity contribution < 1.29 is 13.5 Å². The molecule has 9 heteroatoms. The number of fused-ring (bicyclic) bond motifs is 1. The Morgan fingerprint density at radius 2 is 1.90 bits per heavy atom. The zero-order valence-corrected chi connectivity index (χ0v) is 16.2. The van der Waals surface area contributed by atoms with Gasteiger partial charge in [-0.25, -0.2) is 13.5 Å². The maximum Gasteiger partial charge on any atom is 0.230 e. The van der Waals surface area contributed by atoms with Crippen LogP contribution in [0.2, 0.25) is 0 Å². The smallest absolute Gasteiger partial charge is 0.230 e. The van der Waals surface area contributed by atoms with Crippen LogP contribution >= 0.6 is 0 Å². The van der Waals surface area contributed by atoms with Gasteiger partial charge in [0.15, 0.2) is 11.5 Å². The van der Waals surface area contributed by atoms with E-state index in [2.05, 4.69) is 21.1 Å². The molecule has 3 heterocycles. The summed E-state index contributed by atoms with van der Waals surface area (Å²) < 4.78 is 35.1. The second kappa shape index (κ2) is 7.65. The quantitative estimate of drug-likeness (QED) is 0.492. The highest BCUT2D eigenvalue weighted by atomic mass is 19.1. The minimum Gasteiger partial charge on any atom is -0.472 e. The fourth-order valence-corrected chi connectivity index (χ4v) is 3.40. The minimum atomic E-state index is -0.759. The molecule has 0 spiro atoms. The lowest BCUT2D eigenvalue weighted by Gasteiger charge is -2.35. The standard InChI is InChI=1S/C22H16F2N6O/c23-16-6-7-19(18(24)8-16)30-20-17(10-26-30)21(31-13-14-4-2-1-3-5-14)28-22(27-20)29-11-15(9-25)12-29/h1-8,10,15H,11-13H2. The maximum absolute atomic E-state index is 14.4. The number of nitriles is 1. The average molecular weight is 418 g/mol. The fraction of sp³-hybridized carbons (Fsp3) is 0.182. The molecule has 5 rings (SSSR count). The van der Waals surface area contributed by atoms with E-state index in [1.165, 1.54) is 16.9 Å². The molecule has 0 bridgehead atoms. The highest BCUT2D eigenvalue weighted by Crippen LogP contribution is 2.30. The Balaban J connectivity index is 1.58. The van der Waals surface area contributed by atoms with Gasteiger partial charge >= 0.3 is 0 Å². The van der Waals surface area contributed by atoms with Crippen LogP contribution in [0.1, 0.15) is 5.56 Å². The van der Waals surface area contributed by atoms with E-state index < -0.39 is 11.6 Å². The summed E-state index contributed by atoms with van der Waals surface area (Å²) in [6.45, 7) is 1.28. The topological polar surface area (TPSA) is 79.9 Å². The van der Waals surface area contributed by atoms with Gasteiger partial charge in [-0.15, -0.1) is 0 Å². The van der Waals surface area contributed by atoms with E-state index >= 15 is 0 Å². The SMILES string of the molecule is N#CC1CN(c2nc(OCc3ccccc3)c3cnn(-c4ccc(F)cc4F)c3n2)C1. The number of benzene rings is 2. The first-order valence-corrected chi connectivity index (χ1v) is 9.65. The highest BCUT2D eigenvalue weighted by molar-refractivity contribution is 5.83. The second-order valence-electron chi connectivity index (χ2n) is 7.22. The van der Waals surface area contributed by atoms with Crippen LogP contribution in [-0.2, 0) is 6.61 Å². The highest BCUT2D eigenvalue weighted by Gasteiger charge is 2.30. The molecule has 154 valence electrons. The summed E-state index contributed by atoms with van der Waals surface area (Å²) in [6, 6.07) is 15.1. The Bertz CT molecular complexity index is 1290. The number of nitrogens with zero attached hydrogens (tertiary/aromatic N) is 6. The number of ether oxygens (including phenoxy) is 1. The van der Waals surface area contributed by atoms with Gasteiger partial charge < -0.3 is 9.64 Å². The fourth-order valence-electron chi connectivity index (χ4n) is 3.40. The monoisotopic (exact) mass is 418 g/mol. The average Bonchev–Trinajstić information content (AvgIpc) is 3.16. The van der Waals surface area contributed by atoms with Crippen molar-refractivity contribution in [3.05, 3.63) is 71.9 Å². The molecule has 2 aromatic heterocycles. The molecule has 31 heavy (non-hydrogen) atoms. The predicted octanol–water partition coefficient (Wildman–Crippen LogP) is 3.63. The van der Waals surface area contributed by atoms with Gasteiger partial charge in [0.2, 0.25) is 11.8 Å². The number of hydrogen-bond donors (Lipinski definition) is 0. The number of rotatable bonds is 5. The molecule has 0 amide bonds. The lowest BCUT2D eigenvalue weighted by atomic mass is 10.0. The van der Waals surface area contributed by atoms with Gasteiger partial charge in [0.1, 0.15) is 23.5 Å². The van der Waals surface area contributed by atoms with Crippen molar-refractivity contribution in [2.45, 2.75) is 6.61 Å². The van der Waals surface area contributed by atoms with Gasteiger partial charge in [-0.2, -0.15) is 20.3 Å². The molecule has 2 aromatic carbocycles. The predicted molar refractivity (Wildman–Crippen MR) is 109 cm³/mol. The van der Waals surface area contributed by atoms with Crippen LogP contribution in [0.4, 0.5) is 14.7 Å². The summed E-state index contributed by atoms with van der Waals surface area (Å²) in [7, 11) is 0. The van der Waals surface area contributed by atoms with Crippen LogP contribution in [-0.4, -0.2) is 32.8 Å². The third-order valence-electron chi connectivity index (χ3n) is 5.08. The molecule has 1 aliphatic rings. The maximum atomic E-state index is 14.4. The molecule has 0 unspecified atom stereocenters. The molecule has 1 aliphatic heterocycles. The Labute approximate surface area is 176 Å². The first-order chi connectivity index (χ1) is 15.1. The van der Waals surface area contributed by atoms with Crippen molar-refractivity contribution in [3.8, 4) is 17.6 Å². The van der Waals surface area contributed by atoms with Gasteiger partial charge in [0, 0.05) is 19.2 Å². The normalized spacial score (nSPS) is 13.8. The molecule has 4 aromatic rings. The summed E-state index contributed by atoms with van der Waals surface area (Å²) in [6.07, 6.45) is 1.50. The Morgan fingerprint density at radius 3 is 2.65 bits per heavy atom. The molecule has 0 aliphatic carbocycles. The molecular weight excluding hydrogens is 402 g/mol. The Hall–Kier alpha value is -4.06. The molecule has 0 radical (unpaired) electrons. The number of aromatic nitrogens is 4. The van der Waals surface area contributed by atoms with Gasteiger partial charge in [-0.05, 0) is 17.7 Å². The number of anilines is 1. The van der Waals surface area contributed by atoms with Gasteiger partial charge in [-0.3, -0.25) is 0 Å². The van der Waals surface area contributed by atoms with Crippen molar-refractivity contribution in [2.24, 2.45) is 5.92 Å². The van der Waals surface area contributed by atoms with Crippen molar-refractivity contribution in [2.75, 3.05) is 18.0 Å². The third kappa shape index (κ3) is 3.53. The van der Waals surface area contributed by atoms with Crippen LogP contribution in [0.15, 0.2) is 54.7 Å². The van der Waals surface area contributed by atoms with Gasteiger partial charge in [0.25, 0.3) is 0 Å². The molecule has 0 atom stereocenters. The van der Waals surface area contributed by atoms with Gasteiger partial charge in [-0.1, -0.05) is 30.3 Å². The van der Waals surface area contributed by atoms with E-state index in [0.717, 1.165) is 17.7 Å². The molecule has 7 nitrogen and oxygen atoms in total. The molecule has 0 saturated carbocycles. The molecule has 0 N–H and O–H groups in total. The summed E-state index contributed by atoms with van der Waals surface area (Å²) in [5.74, 6) is -0.856. The summed E-state index contributed by atoms with van der Waals surface area (Å²) in [5.41, 5.74) is 1.36. The van der Waals surface area contributed by atoms with E-state index in [1.807, 2.05) is 35.2 Å². The first-order valence-electron chi connectivity index (χ1n) is 9.65. The largest absolute Gasteiger partial charge is 0.472 e. The lowest BCUT2D eigenvalue weighted by Crippen LogP contribution is -2.46. The molecule has 1 fully saturated rings. The van der Waals surface area contributed by atoms with Crippen molar-refractivity contribution in [1.82, 2.24) is 19.7 Å². The zero-order chi connectivity index (χ0) is 21.4. The van der Waals surface area contributed by atoms with E-state index in [0.29, 0.717) is 36.0 Å². The summed E-state index contributed by atoms with van der Waals surface area (Å²) >= 11 is 0. The Morgan fingerprint density at radius 1 is 1.10 bits per heavy atom. The van der Waals surface area contributed by atoms with E-state index in [-0.39, 0.29) is 18.2 Å². The van der Waals surface area contributed by atoms with Gasteiger partial charge in [0.05, 0.1) is 18.2 Å². The third-order valence-corrected chi connectivity index (χ3v) is 5.08. The number of hydrogen-bond acceptors (Lipinski definition) is 6. The van der Waals surface area contributed by atoms with Crippen LogP contribution in [0, 0.1) is 28.9 Å². The Kier molecular flexibility index (Phi) is 4.67. The minimum absolute atomic E-state index is 0.0635. The van der Waals surface area contributed by atoms with Crippen LogP contribution in [0.3, 0.4) is 0 Å². The number of halogens is 2. The first kappa shape index (κ1) is 18.9. The summed E-state index contributed by atoms with van der Waals surface area (Å²) in [5, 5.41) is 13.8. The van der Waals surface area contributed by atoms with E-state index in [1.54, 1.807) is 0 Å². The van der Waals surface area contributed by atoms with Crippen LogP contribution in [0.25, 0.3) is 16.7 Å². The molecular formula is C22H16F2N6O. The van der Waals surface area contributed by atoms with Crippen LogP contribution < -0.4 is 9.64 Å².